The molecule has 0 saturated heterocycles. The smallest absolute Gasteiger partial charge is 0.306 e. The van der Waals surface area contributed by atoms with Crippen molar-refractivity contribution in [2.24, 2.45) is 0 Å². The molecule has 0 aromatic heterocycles. The van der Waals surface area contributed by atoms with Gasteiger partial charge in [0, 0.05) is 12.8 Å². The summed E-state index contributed by atoms with van der Waals surface area (Å²) in [5.74, 6) is -0.707. The van der Waals surface area contributed by atoms with Crippen molar-refractivity contribution in [1.82, 2.24) is 0 Å². The monoisotopic (exact) mass is 691 g/mol. The Morgan fingerprint density at radius 1 is 0.480 bits per heavy atom. The van der Waals surface area contributed by atoms with Gasteiger partial charge in [-0.2, -0.15) is 0 Å². The van der Waals surface area contributed by atoms with Crippen LogP contribution < -0.4 is 0 Å². The normalized spacial score (nSPS) is 13.4. The number of aliphatic hydroxyl groups is 1. The summed E-state index contributed by atoms with van der Waals surface area (Å²) in [4.78, 5) is 24.2. The van der Waals surface area contributed by atoms with Gasteiger partial charge in [-0.3, -0.25) is 9.59 Å². The lowest BCUT2D eigenvalue weighted by molar-refractivity contribution is -0.161. The number of esters is 2. The molecule has 50 heavy (non-hydrogen) atoms. The number of hydrogen-bond acceptors (Lipinski definition) is 5. The van der Waals surface area contributed by atoms with Crippen molar-refractivity contribution < 1.29 is 24.2 Å². The number of ether oxygens (including phenoxy) is 2. The van der Waals surface area contributed by atoms with E-state index in [-0.39, 0.29) is 25.2 Å². The second-order valence-electron chi connectivity index (χ2n) is 12.3. The summed E-state index contributed by atoms with van der Waals surface area (Å²) in [7, 11) is 0. The zero-order valence-corrected chi connectivity index (χ0v) is 31.6. The molecular weight excluding hydrogens is 620 g/mol. The summed E-state index contributed by atoms with van der Waals surface area (Å²) in [6, 6.07) is 0. The fourth-order valence-electron chi connectivity index (χ4n) is 4.63. The van der Waals surface area contributed by atoms with Gasteiger partial charge in [-0.1, -0.05) is 142 Å². The first-order chi connectivity index (χ1) is 24.6. The van der Waals surface area contributed by atoms with Gasteiger partial charge in [-0.25, -0.2) is 0 Å². The van der Waals surface area contributed by atoms with E-state index >= 15 is 0 Å². The van der Waals surface area contributed by atoms with Crippen LogP contribution in [0, 0.1) is 0 Å². The predicted molar refractivity (Wildman–Crippen MR) is 214 cm³/mol. The Morgan fingerprint density at radius 2 is 0.880 bits per heavy atom. The van der Waals surface area contributed by atoms with Gasteiger partial charge < -0.3 is 14.6 Å². The summed E-state index contributed by atoms with van der Waals surface area (Å²) in [5, 5.41) is 9.54. The highest BCUT2D eigenvalue weighted by Crippen LogP contribution is 2.08. The molecule has 5 nitrogen and oxygen atoms in total. The van der Waals surface area contributed by atoms with Crippen LogP contribution in [0.2, 0.25) is 0 Å². The van der Waals surface area contributed by atoms with Crippen LogP contribution in [0.5, 0.6) is 0 Å². The largest absolute Gasteiger partial charge is 0.462 e. The van der Waals surface area contributed by atoms with E-state index in [0.717, 1.165) is 83.5 Å². The Morgan fingerprint density at radius 3 is 1.32 bits per heavy atom. The zero-order chi connectivity index (χ0) is 36.4. The standard InChI is InChI=1S/C45H70O5/c1-3-5-7-9-11-13-15-17-19-21-22-24-26-28-30-32-34-36-38-40-45(48)50-43(41-46)42-49-44(47)39-37-35-33-31-29-27-25-23-20-18-16-14-12-10-8-6-4-2/h5,7,11-14,17-20,22,24-25,27-28,30-31,33,43,46H,3-4,6,8-10,15-16,21,23,26,29,32,34-42H2,1-2H3/b7-5-,13-11-,14-12-,19-17-,20-18-,24-22-,27-25-,30-28-,33-31-/t43-/m0/s1. The second-order valence-corrected chi connectivity index (χ2v) is 12.3. The Labute approximate surface area is 306 Å². The molecule has 1 atom stereocenters. The molecule has 280 valence electrons. The van der Waals surface area contributed by atoms with Gasteiger partial charge >= 0.3 is 11.9 Å². The van der Waals surface area contributed by atoms with E-state index in [1.54, 1.807) is 0 Å². The van der Waals surface area contributed by atoms with E-state index < -0.39 is 6.10 Å². The SMILES string of the molecule is CC/C=C\C/C=C\C/C=C\C/C=C\C/C=C\CCCCCC(=O)O[C@@H](CO)COC(=O)CCC/C=C\C/C=C\C/C=C\C/C=C\CCCCC. The van der Waals surface area contributed by atoms with Gasteiger partial charge in [-0.05, 0) is 96.3 Å². The van der Waals surface area contributed by atoms with E-state index in [1.165, 1.54) is 25.7 Å². The fourth-order valence-corrected chi connectivity index (χ4v) is 4.63. The highest BCUT2D eigenvalue weighted by Gasteiger charge is 2.15. The van der Waals surface area contributed by atoms with E-state index in [2.05, 4.69) is 123 Å². The van der Waals surface area contributed by atoms with Gasteiger partial charge in [-0.15, -0.1) is 0 Å². The van der Waals surface area contributed by atoms with E-state index in [9.17, 15) is 14.7 Å². The first kappa shape index (κ1) is 46.6. The number of hydrogen-bond donors (Lipinski definition) is 1. The summed E-state index contributed by atoms with van der Waals surface area (Å²) < 4.78 is 10.5. The molecule has 0 saturated carbocycles. The van der Waals surface area contributed by atoms with Crippen molar-refractivity contribution in [2.45, 2.75) is 148 Å². The molecule has 0 aromatic carbocycles. The van der Waals surface area contributed by atoms with Crippen LogP contribution in [-0.2, 0) is 19.1 Å². The number of carbonyl (C=O) groups is 2. The molecule has 0 aliphatic heterocycles. The molecule has 0 fully saturated rings. The third-order valence-electron chi connectivity index (χ3n) is 7.55. The summed E-state index contributed by atoms with van der Waals surface area (Å²) in [6.45, 7) is 3.89. The predicted octanol–water partition coefficient (Wildman–Crippen LogP) is 12.3. The third-order valence-corrected chi connectivity index (χ3v) is 7.55. The van der Waals surface area contributed by atoms with E-state index in [1.807, 2.05) is 0 Å². The maximum Gasteiger partial charge on any atom is 0.306 e. The van der Waals surface area contributed by atoms with Gasteiger partial charge in [0.05, 0.1) is 6.61 Å². The number of unbranched alkanes of at least 4 members (excludes halogenated alkanes) is 7. The number of aliphatic hydroxyl groups excluding tert-OH is 1. The van der Waals surface area contributed by atoms with Crippen LogP contribution in [0.3, 0.4) is 0 Å². The molecule has 0 radical (unpaired) electrons. The lowest BCUT2D eigenvalue weighted by atomic mass is 10.1. The molecule has 5 heteroatoms. The van der Waals surface area contributed by atoms with Crippen molar-refractivity contribution in [3.05, 3.63) is 109 Å². The van der Waals surface area contributed by atoms with Gasteiger partial charge in [0.2, 0.25) is 0 Å². The Kier molecular flexibility index (Phi) is 37.2. The van der Waals surface area contributed by atoms with E-state index in [4.69, 9.17) is 9.47 Å². The van der Waals surface area contributed by atoms with Gasteiger partial charge in [0.1, 0.15) is 6.61 Å². The maximum absolute atomic E-state index is 12.2. The Hall–Kier alpha value is -3.44. The molecule has 0 aromatic rings. The molecule has 1 N–H and O–H groups in total. The molecule has 0 rings (SSSR count). The molecule has 0 aliphatic carbocycles. The molecular formula is C45H70O5. The molecule has 0 bridgehead atoms. The average Bonchev–Trinajstić information content (AvgIpc) is 3.12. The van der Waals surface area contributed by atoms with Crippen molar-refractivity contribution in [2.75, 3.05) is 13.2 Å². The summed E-state index contributed by atoms with van der Waals surface area (Å²) >= 11 is 0. The van der Waals surface area contributed by atoms with Crippen molar-refractivity contribution in [1.29, 1.82) is 0 Å². The van der Waals surface area contributed by atoms with Crippen LogP contribution in [0.15, 0.2) is 109 Å². The summed E-state index contributed by atoms with van der Waals surface area (Å²) in [5.41, 5.74) is 0. The van der Waals surface area contributed by atoms with Gasteiger partial charge in [0.15, 0.2) is 6.10 Å². The van der Waals surface area contributed by atoms with E-state index in [0.29, 0.717) is 19.3 Å². The van der Waals surface area contributed by atoms with Crippen LogP contribution in [0.25, 0.3) is 0 Å². The minimum atomic E-state index is -0.818. The summed E-state index contributed by atoms with van der Waals surface area (Å²) in [6.07, 6.45) is 57.2. The third kappa shape index (κ3) is 37.4. The molecule has 0 unspecified atom stereocenters. The first-order valence-electron chi connectivity index (χ1n) is 19.4. The van der Waals surface area contributed by atoms with Crippen LogP contribution in [0.4, 0.5) is 0 Å². The number of allylic oxidation sites excluding steroid dienone is 18. The zero-order valence-electron chi connectivity index (χ0n) is 31.6. The average molecular weight is 691 g/mol. The number of carbonyl (C=O) groups excluding carboxylic acids is 2. The minimum Gasteiger partial charge on any atom is -0.462 e. The molecule has 0 heterocycles. The molecule has 0 spiro atoms. The molecule has 0 amide bonds. The quantitative estimate of drug-likeness (QED) is 0.0421. The van der Waals surface area contributed by atoms with Gasteiger partial charge in [0.25, 0.3) is 0 Å². The minimum absolute atomic E-state index is 0.116. The first-order valence-corrected chi connectivity index (χ1v) is 19.4. The fraction of sp³-hybridized carbons (Fsp3) is 0.556. The van der Waals surface area contributed by atoms with Crippen LogP contribution in [-0.4, -0.2) is 36.4 Å². The Bertz CT molecular complexity index is 1050. The maximum atomic E-state index is 12.2. The van der Waals surface area contributed by atoms with Crippen LogP contribution in [0.1, 0.15) is 142 Å². The number of rotatable bonds is 33. The lowest BCUT2D eigenvalue weighted by Crippen LogP contribution is -2.28. The highest BCUT2D eigenvalue weighted by atomic mass is 16.6. The lowest BCUT2D eigenvalue weighted by Gasteiger charge is -2.15. The van der Waals surface area contributed by atoms with Crippen LogP contribution >= 0.6 is 0 Å². The second kappa shape index (κ2) is 40.0. The van der Waals surface area contributed by atoms with Crippen molar-refractivity contribution in [3.8, 4) is 0 Å². The van der Waals surface area contributed by atoms with Crippen molar-refractivity contribution in [3.63, 3.8) is 0 Å². The molecule has 0 aliphatic rings. The highest BCUT2D eigenvalue weighted by molar-refractivity contribution is 5.70. The van der Waals surface area contributed by atoms with Crippen molar-refractivity contribution >= 4 is 11.9 Å². The topological polar surface area (TPSA) is 72.8 Å². The Balaban J connectivity index is 3.78.